The molecule has 7 heteroatoms. The smallest absolute Gasteiger partial charge is 0.282 e. The van der Waals surface area contributed by atoms with Gasteiger partial charge in [-0.15, -0.1) is 0 Å². The standard InChI is InChI=1S/C16H9Cl2NO3S/c17-13-14(18)16(20)12-9-5-4-8-11(12)15(13)19-23(21,22)10-6-2-1-3-7-10/h1-9H. The highest BCUT2D eigenvalue weighted by atomic mass is 35.5. The minimum atomic E-state index is -3.98. The van der Waals surface area contributed by atoms with Gasteiger partial charge in [0, 0.05) is 11.1 Å². The van der Waals surface area contributed by atoms with Crippen molar-refractivity contribution >= 4 is 44.7 Å². The zero-order chi connectivity index (χ0) is 16.6. The van der Waals surface area contributed by atoms with Crippen molar-refractivity contribution in [1.29, 1.82) is 0 Å². The van der Waals surface area contributed by atoms with Gasteiger partial charge in [-0.25, -0.2) is 0 Å². The van der Waals surface area contributed by atoms with E-state index in [1.165, 1.54) is 12.1 Å². The normalized spacial score (nSPS) is 16.6. The van der Waals surface area contributed by atoms with Crippen molar-refractivity contribution in [3.8, 4) is 0 Å². The van der Waals surface area contributed by atoms with Crippen LogP contribution >= 0.6 is 23.2 Å². The van der Waals surface area contributed by atoms with E-state index in [2.05, 4.69) is 4.40 Å². The molecule has 23 heavy (non-hydrogen) atoms. The summed E-state index contributed by atoms with van der Waals surface area (Å²) < 4.78 is 28.7. The monoisotopic (exact) mass is 365 g/mol. The first-order valence-corrected chi connectivity index (χ1v) is 8.71. The van der Waals surface area contributed by atoms with Crippen molar-refractivity contribution in [2.45, 2.75) is 4.90 Å². The molecule has 1 aliphatic rings. The molecule has 3 rings (SSSR count). The van der Waals surface area contributed by atoms with Gasteiger partial charge < -0.3 is 0 Å². The van der Waals surface area contributed by atoms with E-state index in [0.717, 1.165) is 0 Å². The average molecular weight is 366 g/mol. The Labute approximate surface area is 143 Å². The topological polar surface area (TPSA) is 63.6 Å². The maximum atomic E-state index is 12.4. The molecule has 2 aromatic rings. The van der Waals surface area contributed by atoms with Crippen LogP contribution in [0.4, 0.5) is 0 Å². The molecule has 0 saturated carbocycles. The Kier molecular flexibility index (Phi) is 4.10. The maximum absolute atomic E-state index is 12.4. The van der Waals surface area contributed by atoms with Crippen LogP contribution in [-0.2, 0) is 10.0 Å². The molecule has 116 valence electrons. The number of rotatable bonds is 2. The van der Waals surface area contributed by atoms with Crippen molar-refractivity contribution in [3.63, 3.8) is 0 Å². The van der Waals surface area contributed by atoms with E-state index in [1.807, 2.05) is 0 Å². The lowest BCUT2D eigenvalue weighted by Crippen LogP contribution is -2.19. The molecule has 0 aromatic heterocycles. The largest absolute Gasteiger partial charge is 0.288 e. The molecule has 0 atom stereocenters. The fraction of sp³-hybridized carbons (Fsp3) is 0. The van der Waals surface area contributed by atoms with Crippen LogP contribution in [0, 0.1) is 0 Å². The number of fused-ring (bicyclic) bond motifs is 1. The summed E-state index contributed by atoms with van der Waals surface area (Å²) >= 11 is 12.0. The number of nitrogens with zero attached hydrogens (tertiary/aromatic N) is 1. The molecule has 0 saturated heterocycles. The van der Waals surface area contributed by atoms with Crippen molar-refractivity contribution in [2.75, 3.05) is 0 Å². The Balaban J connectivity index is 2.24. The van der Waals surface area contributed by atoms with Gasteiger partial charge in [-0.3, -0.25) is 4.79 Å². The van der Waals surface area contributed by atoms with Gasteiger partial charge in [-0.2, -0.15) is 12.8 Å². The van der Waals surface area contributed by atoms with Crippen LogP contribution in [0.15, 0.2) is 74.0 Å². The van der Waals surface area contributed by atoms with E-state index in [1.54, 1.807) is 42.5 Å². The third-order valence-corrected chi connectivity index (χ3v) is 5.40. The number of hydrogen-bond acceptors (Lipinski definition) is 3. The summed E-state index contributed by atoms with van der Waals surface area (Å²) in [6.07, 6.45) is 0. The van der Waals surface area contributed by atoms with Gasteiger partial charge in [0.25, 0.3) is 10.0 Å². The van der Waals surface area contributed by atoms with Gasteiger partial charge in [0.15, 0.2) is 0 Å². The van der Waals surface area contributed by atoms with Crippen LogP contribution in [0.25, 0.3) is 0 Å². The second-order valence-electron chi connectivity index (χ2n) is 4.73. The van der Waals surface area contributed by atoms with E-state index < -0.39 is 15.8 Å². The SMILES string of the molecule is O=C1C(Cl)=C(Cl)C(=NS(=O)(=O)c2ccccc2)c2ccccc21. The number of carbonyl (C=O) groups is 1. The minimum absolute atomic E-state index is 0.0301. The van der Waals surface area contributed by atoms with Crippen LogP contribution in [0.1, 0.15) is 15.9 Å². The second kappa shape index (κ2) is 5.92. The summed E-state index contributed by atoms with van der Waals surface area (Å²) in [5, 5.41) is -0.415. The maximum Gasteiger partial charge on any atom is 0.282 e. The molecule has 0 bridgehead atoms. The first kappa shape index (κ1) is 15.9. The molecule has 0 spiro atoms. The first-order valence-electron chi connectivity index (χ1n) is 6.51. The highest BCUT2D eigenvalue weighted by Crippen LogP contribution is 2.32. The van der Waals surface area contributed by atoms with Crippen molar-refractivity contribution < 1.29 is 13.2 Å². The van der Waals surface area contributed by atoms with Gasteiger partial charge in [-0.1, -0.05) is 65.7 Å². The molecule has 1 aliphatic carbocycles. The van der Waals surface area contributed by atoms with E-state index in [-0.39, 0.29) is 26.2 Å². The Morgan fingerprint density at radius 3 is 2.00 bits per heavy atom. The summed E-state index contributed by atoms with van der Waals surface area (Å²) in [5.41, 5.74) is 0.575. The van der Waals surface area contributed by atoms with E-state index in [4.69, 9.17) is 23.2 Å². The zero-order valence-corrected chi connectivity index (χ0v) is 13.9. The van der Waals surface area contributed by atoms with Crippen LogP contribution in [-0.4, -0.2) is 19.9 Å². The highest BCUT2D eigenvalue weighted by molar-refractivity contribution is 7.90. The molecule has 0 amide bonds. The lowest BCUT2D eigenvalue weighted by atomic mass is 9.94. The predicted octanol–water partition coefficient (Wildman–Crippen LogP) is 3.75. The molecular formula is C16H9Cl2NO3S. The number of halogens is 2. The fourth-order valence-electron chi connectivity index (χ4n) is 2.18. The zero-order valence-electron chi connectivity index (χ0n) is 11.5. The molecular weight excluding hydrogens is 357 g/mol. The number of benzene rings is 2. The third-order valence-electron chi connectivity index (χ3n) is 3.28. The summed E-state index contributed by atoms with van der Waals surface area (Å²) in [7, 11) is -3.98. The first-order chi connectivity index (χ1) is 10.9. The molecule has 4 nitrogen and oxygen atoms in total. The Morgan fingerprint density at radius 1 is 0.783 bits per heavy atom. The van der Waals surface area contributed by atoms with Gasteiger partial charge in [-0.05, 0) is 12.1 Å². The molecule has 0 N–H and O–H groups in total. The predicted molar refractivity (Wildman–Crippen MR) is 89.7 cm³/mol. The van der Waals surface area contributed by atoms with Gasteiger partial charge in [0.2, 0.25) is 5.78 Å². The Morgan fingerprint density at radius 2 is 1.35 bits per heavy atom. The van der Waals surface area contributed by atoms with Crippen LogP contribution in [0.3, 0.4) is 0 Å². The number of Topliss-reactive ketones (excluding diaryl/α,β-unsaturated/α-hetero) is 1. The fourth-order valence-corrected chi connectivity index (χ4v) is 3.69. The van der Waals surface area contributed by atoms with Crippen LogP contribution in [0.5, 0.6) is 0 Å². The van der Waals surface area contributed by atoms with Crippen molar-refractivity contribution in [1.82, 2.24) is 0 Å². The lowest BCUT2D eigenvalue weighted by molar-refractivity contribution is 0.104. The molecule has 0 fully saturated rings. The van der Waals surface area contributed by atoms with Crippen LogP contribution < -0.4 is 0 Å². The summed E-state index contributed by atoms with van der Waals surface area (Å²) in [6, 6.07) is 14.2. The minimum Gasteiger partial charge on any atom is -0.288 e. The summed E-state index contributed by atoms with van der Waals surface area (Å²) in [6.45, 7) is 0. The van der Waals surface area contributed by atoms with Crippen LogP contribution in [0.2, 0.25) is 0 Å². The second-order valence-corrected chi connectivity index (χ2v) is 7.09. The quantitative estimate of drug-likeness (QED) is 0.813. The number of carbonyl (C=O) groups excluding carboxylic acids is 1. The highest BCUT2D eigenvalue weighted by Gasteiger charge is 2.30. The number of sulfonamides is 1. The molecule has 0 heterocycles. The van der Waals surface area contributed by atoms with Gasteiger partial charge in [0.05, 0.1) is 9.93 Å². The summed E-state index contributed by atoms with van der Waals surface area (Å²) in [5.74, 6) is -0.455. The Hall–Kier alpha value is -1.95. The number of ketones is 1. The van der Waals surface area contributed by atoms with Crippen molar-refractivity contribution in [2.24, 2.45) is 4.40 Å². The Bertz CT molecular complexity index is 964. The van der Waals surface area contributed by atoms with Crippen molar-refractivity contribution in [3.05, 3.63) is 75.8 Å². The molecule has 0 aliphatic heterocycles. The van der Waals surface area contributed by atoms with E-state index in [0.29, 0.717) is 5.56 Å². The number of hydrogen-bond donors (Lipinski definition) is 0. The van der Waals surface area contributed by atoms with Gasteiger partial charge >= 0.3 is 0 Å². The van der Waals surface area contributed by atoms with E-state index in [9.17, 15) is 13.2 Å². The third kappa shape index (κ3) is 2.83. The average Bonchev–Trinajstić information content (AvgIpc) is 2.57. The number of allylic oxidation sites excluding steroid dienone is 2. The summed E-state index contributed by atoms with van der Waals surface area (Å²) in [4.78, 5) is 12.2. The lowest BCUT2D eigenvalue weighted by Gasteiger charge is -2.17. The van der Waals surface area contributed by atoms with Gasteiger partial charge in [0.1, 0.15) is 10.7 Å². The molecule has 2 aromatic carbocycles. The van der Waals surface area contributed by atoms with E-state index >= 15 is 0 Å². The molecule has 0 radical (unpaired) electrons. The molecule has 0 unspecified atom stereocenters.